The zero-order chi connectivity index (χ0) is 9.30. The second-order valence-corrected chi connectivity index (χ2v) is 2.96. The molecule has 0 radical (unpaired) electrons. The largest absolute Gasteiger partial charge is 0.545 e. The highest BCUT2D eigenvalue weighted by Gasteiger charge is 2.08. The van der Waals surface area contributed by atoms with Gasteiger partial charge < -0.3 is 9.90 Å². The molecule has 3 nitrogen and oxygen atoms in total. The van der Waals surface area contributed by atoms with E-state index in [1.165, 1.54) is 6.07 Å². The molecule has 1 heterocycles. The fourth-order valence-electron chi connectivity index (χ4n) is 0.779. The van der Waals surface area contributed by atoms with Crippen molar-refractivity contribution in [3.05, 3.63) is 27.5 Å². The molecule has 0 bridgehead atoms. The lowest BCUT2D eigenvalue weighted by Gasteiger charge is -2.07. The van der Waals surface area contributed by atoms with Crippen molar-refractivity contribution in [1.82, 2.24) is 4.98 Å². The van der Waals surface area contributed by atoms with Crippen LogP contribution in [-0.2, 0) is 0 Å². The summed E-state index contributed by atoms with van der Waals surface area (Å²) >= 11 is 11.1. The van der Waals surface area contributed by atoms with Crippen LogP contribution in [0.1, 0.15) is 16.1 Å². The average molecular weight is 205 g/mol. The molecule has 0 aliphatic rings. The summed E-state index contributed by atoms with van der Waals surface area (Å²) in [7, 11) is 0. The molecular formula is C7H4Cl2NO2-. The number of carbonyl (C=O) groups excluding carboxylic acids is 1. The summed E-state index contributed by atoms with van der Waals surface area (Å²) in [5, 5.41) is 10.3. The van der Waals surface area contributed by atoms with Gasteiger partial charge in [0.1, 0.15) is 5.15 Å². The van der Waals surface area contributed by atoms with E-state index in [4.69, 9.17) is 23.2 Å². The van der Waals surface area contributed by atoms with E-state index < -0.39 is 5.97 Å². The molecule has 0 saturated carbocycles. The van der Waals surface area contributed by atoms with Gasteiger partial charge in [-0.05, 0) is 13.0 Å². The van der Waals surface area contributed by atoms with Crippen molar-refractivity contribution in [1.29, 1.82) is 0 Å². The van der Waals surface area contributed by atoms with Gasteiger partial charge in [0.05, 0.1) is 16.6 Å². The smallest absolute Gasteiger partial charge is 0.139 e. The number of carboxylic acid groups (broad SMARTS) is 1. The van der Waals surface area contributed by atoms with E-state index in [0.717, 1.165) is 0 Å². The van der Waals surface area contributed by atoms with Gasteiger partial charge >= 0.3 is 0 Å². The molecule has 0 N–H and O–H groups in total. The molecule has 0 aromatic carbocycles. The fourth-order valence-corrected chi connectivity index (χ4v) is 1.46. The number of aromatic carboxylic acids is 1. The molecule has 0 fully saturated rings. The first-order chi connectivity index (χ1) is 5.52. The lowest BCUT2D eigenvalue weighted by Crippen LogP contribution is -2.23. The van der Waals surface area contributed by atoms with Crippen LogP contribution in [0.3, 0.4) is 0 Å². The second kappa shape index (κ2) is 3.29. The Morgan fingerprint density at radius 2 is 2.17 bits per heavy atom. The predicted molar refractivity (Wildman–Crippen MR) is 43.3 cm³/mol. The van der Waals surface area contributed by atoms with Gasteiger partial charge in [-0.2, -0.15) is 0 Å². The van der Waals surface area contributed by atoms with Crippen LogP contribution in [0.2, 0.25) is 10.2 Å². The molecule has 0 atom stereocenters. The van der Waals surface area contributed by atoms with Gasteiger partial charge in [0, 0.05) is 5.69 Å². The van der Waals surface area contributed by atoms with Gasteiger partial charge in [-0.1, -0.05) is 23.2 Å². The maximum absolute atomic E-state index is 10.4. The number of hydrogen-bond acceptors (Lipinski definition) is 3. The van der Waals surface area contributed by atoms with Crippen LogP contribution in [0.25, 0.3) is 0 Å². The predicted octanol–water partition coefficient (Wildman–Crippen LogP) is 1.06. The summed E-state index contributed by atoms with van der Waals surface area (Å²) in [5.74, 6) is -1.42. The van der Waals surface area contributed by atoms with Crippen LogP contribution in [0.15, 0.2) is 6.07 Å². The zero-order valence-electron chi connectivity index (χ0n) is 6.10. The summed E-state index contributed by atoms with van der Waals surface area (Å²) in [6, 6.07) is 1.42. The van der Waals surface area contributed by atoms with Gasteiger partial charge in [-0.25, -0.2) is 4.98 Å². The van der Waals surface area contributed by atoms with E-state index >= 15 is 0 Å². The minimum absolute atomic E-state index is 0.0486. The summed E-state index contributed by atoms with van der Waals surface area (Å²) < 4.78 is 0. The van der Waals surface area contributed by atoms with Gasteiger partial charge in [0.2, 0.25) is 0 Å². The average Bonchev–Trinajstić information content (AvgIpc) is 1.82. The number of pyridine rings is 1. The Hall–Kier alpha value is -0.800. The Balaban J connectivity index is 3.38. The second-order valence-electron chi connectivity index (χ2n) is 2.20. The van der Waals surface area contributed by atoms with Gasteiger partial charge in [-0.3, -0.25) is 0 Å². The number of aromatic nitrogens is 1. The van der Waals surface area contributed by atoms with Crippen molar-refractivity contribution in [3.8, 4) is 0 Å². The first-order valence-electron chi connectivity index (χ1n) is 3.06. The highest BCUT2D eigenvalue weighted by atomic mass is 35.5. The molecule has 1 aromatic heterocycles. The van der Waals surface area contributed by atoms with Gasteiger partial charge in [0.25, 0.3) is 0 Å². The number of rotatable bonds is 1. The van der Waals surface area contributed by atoms with Crippen molar-refractivity contribution < 1.29 is 9.90 Å². The monoisotopic (exact) mass is 204 g/mol. The van der Waals surface area contributed by atoms with Crippen molar-refractivity contribution in [2.75, 3.05) is 0 Å². The minimum atomic E-state index is -1.42. The molecule has 1 rings (SSSR count). The van der Waals surface area contributed by atoms with Crippen LogP contribution in [0.4, 0.5) is 0 Å². The van der Waals surface area contributed by atoms with E-state index in [2.05, 4.69) is 4.98 Å². The molecule has 0 saturated heterocycles. The molecule has 0 aliphatic carbocycles. The summed E-state index contributed by atoms with van der Waals surface area (Å²) in [6.45, 7) is 1.66. The Kier molecular flexibility index (Phi) is 2.55. The molecular weight excluding hydrogens is 201 g/mol. The molecule has 0 unspecified atom stereocenters. The van der Waals surface area contributed by atoms with E-state index in [1.807, 2.05) is 0 Å². The molecule has 12 heavy (non-hydrogen) atoms. The lowest BCUT2D eigenvalue weighted by atomic mass is 10.2. The molecule has 0 amide bonds. The Morgan fingerprint density at radius 3 is 2.58 bits per heavy atom. The third-order valence-electron chi connectivity index (χ3n) is 1.26. The first-order valence-corrected chi connectivity index (χ1v) is 3.82. The number of carboxylic acids is 1. The van der Waals surface area contributed by atoms with Crippen LogP contribution < -0.4 is 5.11 Å². The maximum Gasteiger partial charge on any atom is 0.139 e. The standard InChI is InChI=1S/C7H5Cl2NO2/c1-3-2-4(8)5(7(11)12)6(9)10-3/h2H,1H3,(H,11,12)/p-1. The van der Waals surface area contributed by atoms with Crippen LogP contribution in [0, 0.1) is 6.92 Å². The van der Waals surface area contributed by atoms with Crippen molar-refractivity contribution in [3.63, 3.8) is 0 Å². The molecule has 0 spiro atoms. The Morgan fingerprint density at radius 1 is 1.58 bits per heavy atom. The Labute approximate surface area is 78.9 Å². The third-order valence-corrected chi connectivity index (χ3v) is 1.83. The molecule has 0 aliphatic heterocycles. The number of halogens is 2. The van der Waals surface area contributed by atoms with E-state index in [1.54, 1.807) is 6.92 Å². The zero-order valence-corrected chi connectivity index (χ0v) is 7.61. The van der Waals surface area contributed by atoms with Crippen LogP contribution in [-0.4, -0.2) is 11.0 Å². The topological polar surface area (TPSA) is 53.0 Å². The number of carbonyl (C=O) groups is 1. The Bertz CT molecular complexity index is 315. The van der Waals surface area contributed by atoms with E-state index in [0.29, 0.717) is 5.69 Å². The molecule has 5 heteroatoms. The summed E-state index contributed by atoms with van der Waals surface area (Å²) in [6.07, 6.45) is 0. The number of aryl methyl sites for hydroxylation is 1. The van der Waals surface area contributed by atoms with Gasteiger partial charge in [0.15, 0.2) is 0 Å². The maximum atomic E-state index is 10.4. The van der Waals surface area contributed by atoms with Crippen LogP contribution >= 0.6 is 23.2 Å². The fraction of sp³-hybridized carbons (Fsp3) is 0.143. The van der Waals surface area contributed by atoms with Gasteiger partial charge in [-0.15, -0.1) is 0 Å². The lowest BCUT2D eigenvalue weighted by molar-refractivity contribution is -0.255. The quantitative estimate of drug-likeness (QED) is 0.644. The van der Waals surface area contributed by atoms with Crippen LogP contribution in [0.5, 0.6) is 0 Å². The van der Waals surface area contributed by atoms with E-state index in [9.17, 15) is 9.90 Å². The molecule has 64 valence electrons. The van der Waals surface area contributed by atoms with E-state index in [-0.39, 0.29) is 15.7 Å². The first kappa shape index (κ1) is 9.29. The van der Waals surface area contributed by atoms with Crippen molar-refractivity contribution in [2.45, 2.75) is 6.92 Å². The molecule has 1 aromatic rings. The third kappa shape index (κ3) is 1.68. The number of nitrogens with zero attached hydrogens (tertiary/aromatic N) is 1. The highest BCUT2D eigenvalue weighted by molar-refractivity contribution is 6.38. The summed E-state index contributed by atoms with van der Waals surface area (Å²) in [5.41, 5.74) is 0.305. The summed E-state index contributed by atoms with van der Waals surface area (Å²) in [4.78, 5) is 14.1. The SMILES string of the molecule is Cc1cc(Cl)c(C(=O)[O-])c(Cl)n1. The number of hydrogen-bond donors (Lipinski definition) is 0. The highest BCUT2D eigenvalue weighted by Crippen LogP contribution is 2.22. The normalized spacial score (nSPS) is 9.92. The van der Waals surface area contributed by atoms with Crippen molar-refractivity contribution >= 4 is 29.2 Å². The minimum Gasteiger partial charge on any atom is -0.545 e. The van der Waals surface area contributed by atoms with Crippen molar-refractivity contribution in [2.24, 2.45) is 0 Å².